The Kier molecular flexibility index (Phi) is 5.28. The second kappa shape index (κ2) is 6.77. The first-order valence-corrected chi connectivity index (χ1v) is 8.06. The summed E-state index contributed by atoms with van der Waals surface area (Å²) in [4.78, 5) is 6.92. The lowest BCUT2D eigenvalue weighted by atomic mass is 9.74. The van der Waals surface area contributed by atoms with E-state index in [-0.39, 0.29) is 0 Å². The molecule has 0 bridgehead atoms. The van der Waals surface area contributed by atoms with E-state index < -0.39 is 0 Å². The first-order valence-electron chi connectivity index (χ1n) is 7.68. The highest BCUT2D eigenvalue weighted by molar-refractivity contribution is 6.33. The fourth-order valence-corrected chi connectivity index (χ4v) is 3.46. The lowest BCUT2D eigenvalue weighted by Gasteiger charge is -2.41. The molecular weight excluding hydrogens is 270 g/mol. The van der Waals surface area contributed by atoms with E-state index in [0.29, 0.717) is 5.41 Å². The third kappa shape index (κ3) is 3.26. The van der Waals surface area contributed by atoms with Crippen LogP contribution in [0.2, 0.25) is 5.02 Å². The molecule has 1 aliphatic heterocycles. The molecule has 112 valence electrons. The first-order chi connectivity index (χ1) is 9.64. The van der Waals surface area contributed by atoms with Gasteiger partial charge in [-0.25, -0.2) is 4.98 Å². The number of hydrogen-bond donors (Lipinski definition) is 1. The molecule has 2 heterocycles. The minimum Gasteiger partial charge on any atom is -0.355 e. The molecule has 0 spiro atoms. The van der Waals surface area contributed by atoms with E-state index in [2.05, 4.69) is 29.0 Å². The monoisotopic (exact) mass is 295 g/mol. The second-order valence-corrected chi connectivity index (χ2v) is 6.28. The Balaban J connectivity index is 2.07. The molecule has 0 saturated carbocycles. The van der Waals surface area contributed by atoms with E-state index in [4.69, 9.17) is 11.6 Å². The number of pyridine rings is 1. The highest BCUT2D eigenvalue weighted by Gasteiger charge is 2.32. The first kappa shape index (κ1) is 15.6. The molecule has 0 aromatic carbocycles. The number of hydrogen-bond acceptors (Lipinski definition) is 3. The molecule has 1 aliphatic rings. The molecule has 2 rings (SSSR count). The molecule has 20 heavy (non-hydrogen) atoms. The Morgan fingerprint density at radius 1 is 1.30 bits per heavy atom. The Hall–Kier alpha value is -0.800. The number of anilines is 1. The molecule has 0 amide bonds. The van der Waals surface area contributed by atoms with Gasteiger partial charge in [0.2, 0.25) is 0 Å². The Morgan fingerprint density at radius 3 is 2.45 bits per heavy atom. The van der Waals surface area contributed by atoms with E-state index >= 15 is 0 Å². The average Bonchev–Trinajstić information content (AvgIpc) is 2.48. The van der Waals surface area contributed by atoms with Crippen molar-refractivity contribution >= 4 is 17.4 Å². The van der Waals surface area contributed by atoms with Gasteiger partial charge in [0, 0.05) is 25.8 Å². The van der Waals surface area contributed by atoms with Gasteiger partial charge in [0.25, 0.3) is 0 Å². The highest BCUT2D eigenvalue weighted by atomic mass is 35.5. The summed E-state index contributed by atoms with van der Waals surface area (Å²) in [5, 5.41) is 3.90. The standard InChI is InChI=1S/C16H26ClN3/c1-4-16(5-2)6-8-20(9-7-16)15-14(17)10-13(11-18-3)12-19-15/h10,12,18H,4-9,11H2,1-3H3. The predicted molar refractivity (Wildman–Crippen MR) is 86.5 cm³/mol. The fourth-order valence-electron chi connectivity index (χ4n) is 3.15. The number of nitrogens with one attached hydrogen (secondary N) is 1. The van der Waals surface area contributed by atoms with Crippen molar-refractivity contribution in [3.05, 3.63) is 22.8 Å². The molecule has 1 fully saturated rings. The number of rotatable bonds is 5. The summed E-state index contributed by atoms with van der Waals surface area (Å²) in [5.74, 6) is 0.951. The van der Waals surface area contributed by atoms with Gasteiger partial charge >= 0.3 is 0 Å². The molecule has 1 aromatic rings. The zero-order valence-electron chi connectivity index (χ0n) is 12.9. The van der Waals surface area contributed by atoms with Gasteiger partial charge in [-0.1, -0.05) is 38.3 Å². The minimum atomic E-state index is 0.537. The average molecular weight is 296 g/mol. The van der Waals surface area contributed by atoms with Crippen molar-refractivity contribution < 1.29 is 0 Å². The summed E-state index contributed by atoms with van der Waals surface area (Å²) >= 11 is 6.41. The molecule has 0 atom stereocenters. The zero-order valence-corrected chi connectivity index (χ0v) is 13.6. The number of piperidine rings is 1. The summed E-state index contributed by atoms with van der Waals surface area (Å²) in [6.07, 6.45) is 6.98. The topological polar surface area (TPSA) is 28.2 Å². The largest absolute Gasteiger partial charge is 0.355 e. The van der Waals surface area contributed by atoms with Crippen LogP contribution in [0.5, 0.6) is 0 Å². The van der Waals surface area contributed by atoms with Gasteiger partial charge in [-0.2, -0.15) is 0 Å². The van der Waals surface area contributed by atoms with Crippen molar-refractivity contribution in [1.29, 1.82) is 0 Å². The van der Waals surface area contributed by atoms with E-state index in [1.54, 1.807) is 0 Å². The van der Waals surface area contributed by atoms with Crippen molar-refractivity contribution in [2.24, 2.45) is 5.41 Å². The van der Waals surface area contributed by atoms with Crippen LogP contribution in [0.3, 0.4) is 0 Å². The van der Waals surface area contributed by atoms with Crippen LogP contribution in [-0.2, 0) is 6.54 Å². The summed E-state index contributed by atoms with van der Waals surface area (Å²) in [6, 6.07) is 2.03. The van der Waals surface area contributed by atoms with Crippen LogP contribution in [0.4, 0.5) is 5.82 Å². The Labute approximate surface area is 127 Å². The van der Waals surface area contributed by atoms with Crippen LogP contribution in [0.1, 0.15) is 45.1 Å². The van der Waals surface area contributed by atoms with Crippen molar-refractivity contribution in [2.75, 3.05) is 25.0 Å². The molecule has 1 N–H and O–H groups in total. The quantitative estimate of drug-likeness (QED) is 0.894. The maximum absolute atomic E-state index is 6.41. The second-order valence-electron chi connectivity index (χ2n) is 5.87. The summed E-state index contributed by atoms with van der Waals surface area (Å²) in [7, 11) is 1.93. The molecule has 0 aliphatic carbocycles. The highest BCUT2D eigenvalue weighted by Crippen LogP contribution is 2.39. The molecule has 0 radical (unpaired) electrons. The normalized spacial score (nSPS) is 18.3. The van der Waals surface area contributed by atoms with Gasteiger partial charge in [0.1, 0.15) is 5.82 Å². The zero-order chi connectivity index (χ0) is 14.6. The SMILES string of the molecule is CCC1(CC)CCN(c2ncc(CNC)cc2Cl)CC1. The van der Waals surface area contributed by atoms with E-state index in [9.17, 15) is 0 Å². The van der Waals surface area contributed by atoms with Crippen molar-refractivity contribution in [2.45, 2.75) is 46.1 Å². The molecule has 0 unspecified atom stereocenters. The van der Waals surface area contributed by atoms with Gasteiger partial charge < -0.3 is 10.2 Å². The van der Waals surface area contributed by atoms with Gasteiger partial charge in [-0.15, -0.1) is 0 Å². The van der Waals surface area contributed by atoms with Crippen molar-refractivity contribution in [3.8, 4) is 0 Å². The van der Waals surface area contributed by atoms with Crippen molar-refractivity contribution in [1.82, 2.24) is 10.3 Å². The van der Waals surface area contributed by atoms with Crippen LogP contribution in [0.15, 0.2) is 12.3 Å². The third-order valence-electron chi connectivity index (χ3n) is 4.88. The third-order valence-corrected chi connectivity index (χ3v) is 5.16. The van der Waals surface area contributed by atoms with Crippen LogP contribution >= 0.6 is 11.6 Å². The number of aromatic nitrogens is 1. The Morgan fingerprint density at radius 2 is 1.95 bits per heavy atom. The molecule has 1 saturated heterocycles. The summed E-state index contributed by atoms with van der Waals surface area (Å²) in [6.45, 7) is 7.58. The van der Waals surface area contributed by atoms with E-state index in [1.807, 2.05) is 19.3 Å². The summed E-state index contributed by atoms with van der Waals surface area (Å²) in [5.41, 5.74) is 1.67. The van der Waals surface area contributed by atoms with Crippen molar-refractivity contribution in [3.63, 3.8) is 0 Å². The van der Waals surface area contributed by atoms with Crippen LogP contribution in [0.25, 0.3) is 0 Å². The lowest BCUT2D eigenvalue weighted by molar-refractivity contribution is 0.199. The fraction of sp³-hybridized carbons (Fsp3) is 0.688. The smallest absolute Gasteiger partial charge is 0.147 e. The van der Waals surface area contributed by atoms with Gasteiger partial charge in [0.15, 0.2) is 0 Å². The molecule has 3 nitrogen and oxygen atoms in total. The minimum absolute atomic E-state index is 0.537. The van der Waals surface area contributed by atoms with Gasteiger partial charge in [-0.3, -0.25) is 0 Å². The number of nitrogens with zero attached hydrogens (tertiary/aromatic N) is 2. The summed E-state index contributed by atoms with van der Waals surface area (Å²) < 4.78 is 0. The number of halogens is 1. The lowest BCUT2D eigenvalue weighted by Crippen LogP contribution is -2.40. The van der Waals surface area contributed by atoms with Crippen LogP contribution in [0, 0.1) is 5.41 Å². The maximum atomic E-state index is 6.41. The molecule has 4 heteroatoms. The molecule has 1 aromatic heterocycles. The van der Waals surface area contributed by atoms with Gasteiger partial charge in [-0.05, 0) is 36.9 Å². The van der Waals surface area contributed by atoms with Crippen LogP contribution in [-0.4, -0.2) is 25.1 Å². The van der Waals surface area contributed by atoms with Crippen LogP contribution < -0.4 is 10.2 Å². The Bertz CT molecular complexity index is 433. The maximum Gasteiger partial charge on any atom is 0.147 e. The molecular formula is C16H26ClN3. The van der Waals surface area contributed by atoms with Gasteiger partial charge in [0.05, 0.1) is 5.02 Å². The van der Waals surface area contributed by atoms with E-state index in [1.165, 1.54) is 25.7 Å². The predicted octanol–water partition coefficient (Wildman–Crippen LogP) is 3.86. The van der Waals surface area contributed by atoms with E-state index in [0.717, 1.165) is 36.0 Å².